The zero-order valence-electron chi connectivity index (χ0n) is 8.50. The summed E-state index contributed by atoms with van der Waals surface area (Å²) in [6.45, 7) is 10.6. The van der Waals surface area contributed by atoms with E-state index in [-0.39, 0.29) is 0 Å². The lowest BCUT2D eigenvalue weighted by Gasteiger charge is -2.31. The standard InChI is InChI=1S/C8H17NOS2Si/c1-13(2,3)12-8(11)9-4-6-10-7-5-9/h4-7H2,1-3H3. The molecule has 0 unspecified atom stereocenters. The van der Waals surface area contributed by atoms with E-state index in [0.29, 0.717) is 0 Å². The van der Waals surface area contributed by atoms with Gasteiger partial charge < -0.3 is 9.64 Å². The first-order chi connectivity index (χ1) is 5.99. The second-order valence-corrected chi connectivity index (χ2v) is 13.8. The van der Waals surface area contributed by atoms with Crippen LogP contribution < -0.4 is 0 Å². The van der Waals surface area contributed by atoms with Crippen molar-refractivity contribution in [3.8, 4) is 0 Å². The van der Waals surface area contributed by atoms with Crippen LogP contribution in [0.2, 0.25) is 19.6 Å². The zero-order chi connectivity index (χ0) is 9.90. The first-order valence-corrected chi connectivity index (χ1v) is 10.00. The van der Waals surface area contributed by atoms with Crippen LogP contribution in [0.4, 0.5) is 0 Å². The Kier molecular flexibility index (Phi) is 4.22. The molecule has 5 heteroatoms. The van der Waals surface area contributed by atoms with Gasteiger partial charge in [0.05, 0.1) is 13.2 Å². The molecule has 76 valence electrons. The molecule has 1 heterocycles. The molecular formula is C8H17NOS2Si. The molecule has 1 aliphatic rings. The number of nitrogens with zero attached hydrogens (tertiary/aromatic N) is 1. The summed E-state index contributed by atoms with van der Waals surface area (Å²) in [5, 5.41) is 0. The Bertz CT molecular complexity index is 187. The summed E-state index contributed by atoms with van der Waals surface area (Å²) in [4.78, 5) is 2.27. The number of rotatable bonds is 1. The zero-order valence-corrected chi connectivity index (χ0v) is 11.1. The topological polar surface area (TPSA) is 12.5 Å². The third-order valence-corrected chi connectivity index (χ3v) is 6.08. The Morgan fingerprint density at radius 3 is 2.31 bits per heavy atom. The number of hydrogen-bond acceptors (Lipinski definition) is 3. The highest BCUT2D eigenvalue weighted by molar-refractivity contribution is 8.43. The van der Waals surface area contributed by atoms with Gasteiger partial charge in [0.1, 0.15) is 11.5 Å². The van der Waals surface area contributed by atoms with Gasteiger partial charge in [-0.15, -0.1) is 11.2 Å². The van der Waals surface area contributed by atoms with Gasteiger partial charge >= 0.3 is 0 Å². The van der Waals surface area contributed by atoms with Crippen molar-refractivity contribution in [3.63, 3.8) is 0 Å². The smallest absolute Gasteiger partial charge is 0.130 e. The SMILES string of the molecule is C[Si](C)(C)SC(=S)N1CCOCC1. The van der Waals surface area contributed by atoms with Gasteiger partial charge in [-0.05, 0) is 0 Å². The van der Waals surface area contributed by atoms with E-state index in [0.717, 1.165) is 30.6 Å². The molecule has 1 rings (SSSR count). The molecule has 0 spiro atoms. The van der Waals surface area contributed by atoms with Crippen LogP contribution in [0.15, 0.2) is 0 Å². The lowest BCUT2D eigenvalue weighted by Crippen LogP contribution is -2.40. The van der Waals surface area contributed by atoms with Crippen molar-refractivity contribution in [1.29, 1.82) is 0 Å². The Morgan fingerprint density at radius 1 is 1.31 bits per heavy atom. The van der Waals surface area contributed by atoms with Gasteiger partial charge in [0.15, 0.2) is 0 Å². The minimum Gasteiger partial charge on any atom is -0.378 e. The van der Waals surface area contributed by atoms with E-state index in [1.165, 1.54) is 0 Å². The predicted molar refractivity (Wildman–Crippen MR) is 65.9 cm³/mol. The van der Waals surface area contributed by atoms with E-state index in [1.54, 1.807) is 0 Å². The Balaban J connectivity index is 2.38. The molecule has 13 heavy (non-hydrogen) atoms. The van der Waals surface area contributed by atoms with E-state index < -0.39 is 7.22 Å². The third kappa shape index (κ3) is 4.44. The Hall–Kier alpha value is 0.417. The van der Waals surface area contributed by atoms with Gasteiger partial charge in [-0.2, -0.15) is 0 Å². The monoisotopic (exact) mass is 235 g/mol. The summed E-state index contributed by atoms with van der Waals surface area (Å²) < 4.78 is 6.35. The highest BCUT2D eigenvalue weighted by atomic mass is 32.4. The van der Waals surface area contributed by atoms with E-state index in [2.05, 4.69) is 24.5 Å². The van der Waals surface area contributed by atoms with Crippen molar-refractivity contribution in [3.05, 3.63) is 0 Å². The lowest BCUT2D eigenvalue weighted by molar-refractivity contribution is 0.0703. The second-order valence-electron chi connectivity index (χ2n) is 4.08. The first kappa shape index (κ1) is 11.5. The van der Waals surface area contributed by atoms with Gasteiger partial charge in [0.2, 0.25) is 0 Å². The largest absolute Gasteiger partial charge is 0.378 e. The first-order valence-electron chi connectivity index (χ1n) is 4.55. The van der Waals surface area contributed by atoms with Gasteiger partial charge in [0, 0.05) is 13.1 Å². The summed E-state index contributed by atoms with van der Waals surface area (Å²) in [7, 11) is -1.11. The van der Waals surface area contributed by atoms with Crippen LogP contribution in [0.25, 0.3) is 0 Å². The summed E-state index contributed by atoms with van der Waals surface area (Å²) in [6.07, 6.45) is 0. The average Bonchev–Trinajstić information content (AvgIpc) is 2.03. The molecule has 1 fully saturated rings. The van der Waals surface area contributed by atoms with Crippen molar-refractivity contribution in [2.45, 2.75) is 19.6 Å². The van der Waals surface area contributed by atoms with Crippen LogP contribution in [0, 0.1) is 0 Å². The van der Waals surface area contributed by atoms with E-state index >= 15 is 0 Å². The molecule has 0 aliphatic carbocycles. The average molecular weight is 235 g/mol. The fourth-order valence-electron chi connectivity index (χ4n) is 1.07. The van der Waals surface area contributed by atoms with Crippen LogP contribution in [0.3, 0.4) is 0 Å². The Morgan fingerprint density at radius 2 is 1.85 bits per heavy atom. The summed E-state index contributed by atoms with van der Waals surface area (Å²) in [5.74, 6) is 0. The molecule has 0 aromatic heterocycles. The minimum absolute atomic E-state index is 0.826. The maximum atomic E-state index is 5.39. The lowest BCUT2D eigenvalue weighted by atomic mass is 10.5. The molecule has 0 aromatic carbocycles. The molecule has 0 amide bonds. The molecule has 1 saturated heterocycles. The normalized spacial score (nSPS) is 18.8. The maximum Gasteiger partial charge on any atom is 0.130 e. The van der Waals surface area contributed by atoms with Gasteiger partial charge in [-0.1, -0.05) is 31.9 Å². The van der Waals surface area contributed by atoms with Crippen LogP contribution in [0.1, 0.15) is 0 Å². The van der Waals surface area contributed by atoms with Crippen molar-refractivity contribution in [1.82, 2.24) is 4.90 Å². The van der Waals surface area contributed by atoms with Crippen LogP contribution in [-0.4, -0.2) is 42.7 Å². The molecule has 0 N–H and O–H groups in total. The number of thiocarbonyl (C=S) groups is 1. The summed E-state index contributed by atoms with van der Waals surface area (Å²) in [6, 6.07) is 0. The fourth-order valence-corrected chi connectivity index (χ4v) is 6.30. The second kappa shape index (κ2) is 4.77. The molecule has 0 atom stereocenters. The van der Waals surface area contributed by atoms with E-state index in [4.69, 9.17) is 17.0 Å². The number of hydrogen-bond donors (Lipinski definition) is 0. The summed E-state index contributed by atoms with van der Waals surface area (Å²) in [5.41, 5.74) is 0. The highest BCUT2D eigenvalue weighted by Crippen LogP contribution is 2.23. The fraction of sp³-hybridized carbons (Fsp3) is 0.875. The van der Waals surface area contributed by atoms with Crippen molar-refractivity contribution >= 4 is 35.0 Å². The molecule has 0 aromatic rings. The minimum atomic E-state index is -1.11. The molecule has 1 aliphatic heterocycles. The molecule has 0 saturated carbocycles. The quantitative estimate of drug-likeness (QED) is 0.510. The van der Waals surface area contributed by atoms with Crippen molar-refractivity contribution in [2.24, 2.45) is 0 Å². The highest BCUT2D eigenvalue weighted by Gasteiger charge is 2.21. The van der Waals surface area contributed by atoms with Gasteiger partial charge in [0.25, 0.3) is 0 Å². The number of morpholine rings is 1. The molecular weight excluding hydrogens is 218 g/mol. The van der Waals surface area contributed by atoms with Crippen molar-refractivity contribution < 1.29 is 4.74 Å². The van der Waals surface area contributed by atoms with Crippen LogP contribution in [-0.2, 0) is 4.74 Å². The Labute approximate surface area is 90.7 Å². The predicted octanol–water partition coefficient (Wildman–Crippen LogP) is 2.17. The van der Waals surface area contributed by atoms with Gasteiger partial charge in [-0.25, -0.2) is 0 Å². The molecule has 2 nitrogen and oxygen atoms in total. The van der Waals surface area contributed by atoms with Crippen molar-refractivity contribution in [2.75, 3.05) is 26.3 Å². The molecule has 0 radical (unpaired) electrons. The molecule has 0 bridgehead atoms. The van der Waals surface area contributed by atoms with Crippen LogP contribution >= 0.6 is 23.4 Å². The van der Waals surface area contributed by atoms with E-state index in [9.17, 15) is 0 Å². The number of ether oxygens (including phenoxy) is 1. The third-order valence-electron chi connectivity index (χ3n) is 1.66. The van der Waals surface area contributed by atoms with E-state index in [1.807, 2.05) is 11.2 Å². The van der Waals surface area contributed by atoms with Gasteiger partial charge in [-0.3, -0.25) is 0 Å². The summed E-state index contributed by atoms with van der Waals surface area (Å²) >= 11 is 7.29. The maximum absolute atomic E-state index is 5.39. The van der Waals surface area contributed by atoms with Crippen LogP contribution in [0.5, 0.6) is 0 Å².